The first-order valence-electron chi connectivity index (χ1n) is 6.46. The molecule has 0 spiro atoms. The van der Waals surface area contributed by atoms with Gasteiger partial charge in [-0.1, -0.05) is 20.8 Å². The molecule has 0 saturated heterocycles. The number of nitrogens with zero attached hydrogens (tertiary/aromatic N) is 1. The second-order valence-electron chi connectivity index (χ2n) is 4.85. The van der Waals surface area contributed by atoms with Crippen LogP contribution in [0.2, 0.25) is 0 Å². The molecule has 1 atom stereocenters. The van der Waals surface area contributed by atoms with Gasteiger partial charge in [0.05, 0.1) is 0 Å². The van der Waals surface area contributed by atoms with Crippen LogP contribution in [0.25, 0.3) is 0 Å². The van der Waals surface area contributed by atoms with E-state index < -0.39 is 0 Å². The van der Waals surface area contributed by atoms with E-state index in [2.05, 4.69) is 53.1 Å². The molecule has 1 aromatic rings. The van der Waals surface area contributed by atoms with Gasteiger partial charge in [0.1, 0.15) is 0 Å². The molecule has 0 aliphatic heterocycles. The summed E-state index contributed by atoms with van der Waals surface area (Å²) < 4.78 is 1.07. The SMILES string of the molecule is CCCNC(CCc1cncc(Br)c1)C(C)C. The predicted octanol–water partition coefficient (Wildman–Crippen LogP) is 3.80. The van der Waals surface area contributed by atoms with Gasteiger partial charge < -0.3 is 5.32 Å². The average Bonchev–Trinajstić information content (AvgIpc) is 2.28. The molecule has 17 heavy (non-hydrogen) atoms. The van der Waals surface area contributed by atoms with E-state index in [0.29, 0.717) is 12.0 Å². The number of aromatic nitrogens is 1. The van der Waals surface area contributed by atoms with Crippen LogP contribution >= 0.6 is 15.9 Å². The molecule has 0 aromatic carbocycles. The van der Waals surface area contributed by atoms with Crippen LogP contribution in [0.5, 0.6) is 0 Å². The number of rotatable bonds is 7. The van der Waals surface area contributed by atoms with Crippen molar-refractivity contribution in [2.24, 2.45) is 5.92 Å². The topological polar surface area (TPSA) is 24.9 Å². The monoisotopic (exact) mass is 298 g/mol. The van der Waals surface area contributed by atoms with Crippen molar-refractivity contribution in [2.75, 3.05) is 6.54 Å². The highest BCUT2D eigenvalue weighted by atomic mass is 79.9. The Hall–Kier alpha value is -0.410. The Morgan fingerprint density at radius 2 is 2.12 bits per heavy atom. The fourth-order valence-electron chi connectivity index (χ4n) is 1.92. The van der Waals surface area contributed by atoms with Crippen LogP contribution in [0.3, 0.4) is 0 Å². The van der Waals surface area contributed by atoms with Crippen LogP contribution < -0.4 is 5.32 Å². The molecule has 0 radical (unpaired) electrons. The van der Waals surface area contributed by atoms with Crippen LogP contribution in [-0.2, 0) is 6.42 Å². The lowest BCUT2D eigenvalue weighted by atomic mass is 9.97. The summed E-state index contributed by atoms with van der Waals surface area (Å²) in [5.74, 6) is 0.682. The molecule has 0 aliphatic rings. The van der Waals surface area contributed by atoms with Crippen molar-refractivity contribution in [3.63, 3.8) is 0 Å². The van der Waals surface area contributed by atoms with E-state index in [1.54, 1.807) is 0 Å². The minimum Gasteiger partial charge on any atom is -0.314 e. The summed E-state index contributed by atoms with van der Waals surface area (Å²) in [4.78, 5) is 4.20. The molecular formula is C14H23BrN2. The first kappa shape index (κ1) is 14.7. The van der Waals surface area contributed by atoms with Crippen molar-refractivity contribution >= 4 is 15.9 Å². The predicted molar refractivity (Wildman–Crippen MR) is 77.2 cm³/mol. The Balaban J connectivity index is 2.45. The van der Waals surface area contributed by atoms with Crippen molar-refractivity contribution in [2.45, 2.75) is 46.1 Å². The van der Waals surface area contributed by atoms with Gasteiger partial charge in [0.15, 0.2) is 0 Å². The molecule has 0 aliphatic carbocycles. The Morgan fingerprint density at radius 3 is 2.71 bits per heavy atom. The zero-order valence-corrected chi connectivity index (χ0v) is 12.6. The third-order valence-electron chi connectivity index (χ3n) is 2.97. The highest BCUT2D eigenvalue weighted by Crippen LogP contribution is 2.14. The number of hydrogen-bond donors (Lipinski definition) is 1. The summed E-state index contributed by atoms with van der Waals surface area (Å²) in [6, 6.07) is 2.76. The molecule has 1 heterocycles. The van der Waals surface area contributed by atoms with Gasteiger partial charge >= 0.3 is 0 Å². The van der Waals surface area contributed by atoms with Crippen molar-refractivity contribution in [1.29, 1.82) is 0 Å². The van der Waals surface area contributed by atoms with Crippen molar-refractivity contribution in [1.82, 2.24) is 10.3 Å². The maximum atomic E-state index is 4.20. The molecule has 0 amide bonds. The van der Waals surface area contributed by atoms with Crippen molar-refractivity contribution < 1.29 is 0 Å². The van der Waals surface area contributed by atoms with E-state index in [9.17, 15) is 0 Å². The Bertz CT molecular complexity index is 326. The van der Waals surface area contributed by atoms with Gasteiger partial charge in [-0.05, 0) is 59.3 Å². The summed E-state index contributed by atoms with van der Waals surface area (Å²) in [6.07, 6.45) is 7.25. The molecule has 0 saturated carbocycles. The van der Waals surface area contributed by atoms with Gasteiger partial charge in [-0.2, -0.15) is 0 Å². The lowest BCUT2D eigenvalue weighted by molar-refractivity contribution is 0.378. The molecule has 2 nitrogen and oxygen atoms in total. The highest BCUT2D eigenvalue weighted by Gasteiger charge is 2.12. The Morgan fingerprint density at radius 1 is 1.35 bits per heavy atom. The second-order valence-corrected chi connectivity index (χ2v) is 5.77. The Kier molecular flexibility index (Phi) is 6.75. The third kappa shape index (κ3) is 5.64. The van der Waals surface area contributed by atoms with Crippen molar-refractivity contribution in [3.8, 4) is 0 Å². The van der Waals surface area contributed by atoms with Gasteiger partial charge in [0.2, 0.25) is 0 Å². The minimum atomic E-state index is 0.605. The maximum Gasteiger partial charge on any atom is 0.0410 e. The largest absolute Gasteiger partial charge is 0.314 e. The zero-order valence-electron chi connectivity index (χ0n) is 11.0. The highest BCUT2D eigenvalue weighted by molar-refractivity contribution is 9.10. The smallest absolute Gasteiger partial charge is 0.0410 e. The zero-order chi connectivity index (χ0) is 12.7. The van der Waals surface area contributed by atoms with Crippen molar-refractivity contribution in [3.05, 3.63) is 28.5 Å². The average molecular weight is 299 g/mol. The quantitative estimate of drug-likeness (QED) is 0.828. The van der Waals surface area contributed by atoms with E-state index in [4.69, 9.17) is 0 Å². The minimum absolute atomic E-state index is 0.605. The number of hydrogen-bond acceptors (Lipinski definition) is 2. The van der Waals surface area contributed by atoms with E-state index in [1.165, 1.54) is 18.4 Å². The number of aryl methyl sites for hydroxylation is 1. The van der Waals surface area contributed by atoms with Crippen LogP contribution in [-0.4, -0.2) is 17.6 Å². The second kappa shape index (κ2) is 7.83. The standard InChI is InChI=1S/C14H23BrN2/c1-4-7-17-14(11(2)3)6-5-12-8-13(15)10-16-9-12/h8-11,14,17H,4-7H2,1-3H3. The summed E-state index contributed by atoms with van der Waals surface area (Å²) >= 11 is 3.46. The Labute approximate surface area is 113 Å². The summed E-state index contributed by atoms with van der Waals surface area (Å²) in [5, 5.41) is 3.62. The fourth-order valence-corrected chi connectivity index (χ4v) is 2.33. The van der Waals surface area contributed by atoms with Gasteiger partial charge in [0, 0.05) is 22.9 Å². The van der Waals surface area contributed by atoms with Gasteiger partial charge in [-0.25, -0.2) is 0 Å². The van der Waals surface area contributed by atoms with E-state index >= 15 is 0 Å². The van der Waals surface area contributed by atoms with Crippen LogP contribution in [0.1, 0.15) is 39.2 Å². The number of halogens is 1. The fraction of sp³-hybridized carbons (Fsp3) is 0.643. The molecule has 1 aromatic heterocycles. The van der Waals surface area contributed by atoms with Gasteiger partial charge in [0.25, 0.3) is 0 Å². The summed E-state index contributed by atoms with van der Waals surface area (Å²) in [6.45, 7) is 7.89. The normalized spacial score (nSPS) is 13.0. The van der Waals surface area contributed by atoms with Gasteiger partial charge in [-0.3, -0.25) is 4.98 Å². The van der Waals surface area contributed by atoms with E-state index in [0.717, 1.165) is 17.4 Å². The number of nitrogens with one attached hydrogen (secondary N) is 1. The third-order valence-corrected chi connectivity index (χ3v) is 3.40. The molecular weight excluding hydrogens is 276 g/mol. The molecule has 1 N–H and O–H groups in total. The molecule has 3 heteroatoms. The van der Waals surface area contributed by atoms with Crippen LogP contribution in [0.15, 0.2) is 22.9 Å². The van der Waals surface area contributed by atoms with Gasteiger partial charge in [-0.15, -0.1) is 0 Å². The number of pyridine rings is 1. The van der Waals surface area contributed by atoms with Crippen LogP contribution in [0.4, 0.5) is 0 Å². The summed E-state index contributed by atoms with van der Waals surface area (Å²) in [5.41, 5.74) is 1.31. The molecule has 96 valence electrons. The molecule has 1 rings (SSSR count). The summed E-state index contributed by atoms with van der Waals surface area (Å²) in [7, 11) is 0. The van der Waals surface area contributed by atoms with Crippen LogP contribution in [0, 0.1) is 5.92 Å². The first-order valence-corrected chi connectivity index (χ1v) is 7.25. The molecule has 0 bridgehead atoms. The van der Waals surface area contributed by atoms with E-state index in [1.807, 2.05) is 12.4 Å². The lowest BCUT2D eigenvalue weighted by Crippen LogP contribution is -2.34. The maximum absolute atomic E-state index is 4.20. The molecule has 0 fully saturated rings. The van der Waals surface area contributed by atoms with E-state index in [-0.39, 0.29) is 0 Å². The first-order chi connectivity index (χ1) is 8.13. The lowest BCUT2D eigenvalue weighted by Gasteiger charge is -2.22. The molecule has 1 unspecified atom stereocenters.